The van der Waals surface area contributed by atoms with Gasteiger partial charge in [-0.1, -0.05) is 20.8 Å². The van der Waals surface area contributed by atoms with Crippen LogP contribution in [0.2, 0.25) is 0 Å². The zero-order chi connectivity index (χ0) is 16.7. The third kappa shape index (κ3) is 2.44. The maximum absolute atomic E-state index is 4.80. The third-order valence-corrected chi connectivity index (χ3v) is 4.37. The third-order valence-electron chi connectivity index (χ3n) is 4.37. The van der Waals surface area contributed by atoms with E-state index in [2.05, 4.69) is 45.7 Å². The van der Waals surface area contributed by atoms with Crippen molar-refractivity contribution < 1.29 is 0 Å². The van der Waals surface area contributed by atoms with Crippen molar-refractivity contribution in [1.29, 1.82) is 0 Å². The highest BCUT2D eigenvalue weighted by molar-refractivity contribution is 5.78. The minimum absolute atomic E-state index is 0.227. The molecule has 24 heavy (non-hydrogen) atoms. The quantitative estimate of drug-likeness (QED) is 0.600. The van der Waals surface area contributed by atoms with E-state index in [0.29, 0.717) is 5.92 Å². The summed E-state index contributed by atoms with van der Waals surface area (Å²) in [7, 11) is 0. The molecule has 0 bridgehead atoms. The number of hydrogen-bond acceptors (Lipinski definition) is 4. The second-order valence-corrected chi connectivity index (χ2v) is 6.53. The molecule has 4 aromatic heterocycles. The Morgan fingerprint density at radius 1 is 1.04 bits per heavy atom. The zero-order valence-corrected chi connectivity index (χ0v) is 14.0. The number of aromatic amines is 2. The normalized spacial score (nSPS) is 13.2. The van der Waals surface area contributed by atoms with Crippen molar-refractivity contribution >= 4 is 22.1 Å². The average Bonchev–Trinajstić information content (AvgIpc) is 3.19. The largest absolute Gasteiger partial charge is 0.358 e. The van der Waals surface area contributed by atoms with Crippen LogP contribution in [0, 0.1) is 0 Å². The van der Waals surface area contributed by atoms with Gasteiger partial charge in [-0.2, -0.15) is 0 Å². The molecular formula is C18H20N6. The van der Waals surface area contributed by atoms with Crippen LogP contribution < -0.4 is 0 Å². The van der Waals surface area contributed by atoms with Gasteiger partial charge < -0.3 is 9.97 Å². The van der Waals surface area contributed by atoms with Crippen molar-refractivity contribution in [2.24, 2.45) is 0 Å². The van der Waals surface area contributed by atoms with Crippen molar-refractivity contribution in [3.8, 4) is 0 Å². The fraction of sp³-hybridized carbons (Fsp3) is 0.333. The van der Waals surface area contributed by atoms with Crippen LogP contribution >= 0.6 is 0 Å². The highest BCUT2D eigenvalue weighted by Gasteiger charge is 2.17. The first-order valence-electron chi connectivity index (χ1n) is 8.25. The lowest BCUT2D eigenvalue weighted by molar-refractivity contribution is 0.708. The van der Waals surface area contributed by atoms with Crippen LogP contribution in [0.25, 0.3) is 22.1 Å². The van der Waals surface area contributed by atoms with Crippen LogP contribution in [-0.4, -0.2) is 29.9 Å². The minimum atomic E-state index is 0.227. The van der Waals surface area contributed by atoms with Crippen LogP contribution in [0.4, 0.5) is 0 Å². The molecule has 1 unspecified atom stereocenters. The number of pyridine rings is 1. The van der Waals surface area contributed by atoms with E-state index in [1.54, 1.807) is 6.33 Å². The average molecular weight is 320 g/mol. The Morgan fingerprint density at radius 3 is 2.75 bits per heavy atom. The Kier molecular flexibility index (Phi) is 3.52. The maximum Gasteiger partial charge on any atom is 0.116 e. The number of imidazole rings is 1. The molecule has 2 N–H and O–H groups in total. The van der Waals surface area contributed by atoms with E-state index in [9.17, 15) is 0 Å². The Hall–Kier alpha value is -2.76. The highest BCUT2D eigenvalue weighted by atomic mass is 14.9. The molecule has 4 heterocycles. The van der Waals surface area contributed by atoms with Gasteiger partial charge in [-0.05, 0) is 18.1 Å². The van der Waals surface area contributed by atoms with E-state index in [1.165, 1.54) is 0 Å². The number of fused-ring (bicyclic) bond motifs is 2. The number of hydrogen-bond donors (Lipinski definition) is 2. The Morgan fingerprint density at radius 2 is 1.92 bits per heavy atom. The van der Waals surface area contributed by atoms with Gasteiger partial charge in [-0.25, -0.2) is 15.0 Å². The predicted octanol–water partition coefficient (Wildman–Crippen LogP) is 3.70. The van der Waals surface area contributed by atoms with E-state index in [0.717, 1.165) is 45.7 Å². The van der Waals surface area contributed by atoms with Crippen molar-refractivity contribution in [3.63, 3.8) is 0 Å². The molecule has 0 amide bonds. The SMILES string of the molecule is CC(C)c1nccc2[nH]c(CC(C)c3ncnc4cc[nH]c34)nc12. The molecule has 0 saturated heterocycles. The van der Waals surface area contributed by atoms with Crippen molar-refractivity contribution in [1.82, 2.24) is 29.9 Å². The zero-order valence-electron chi connectivity index (χ0n) is 14.0. The summed E-state index contributed by atoms with van der Waals surface area (Å²) in [5.41, 5.74) is 6.03. The van der Waals surface area contributed by atoms with Gasteiger partial charge in [0.2, 0.25) is 0 Å². The highest BCUT2D eigenvalue weighted by Crippen LogP contribution is 2.26. The summed E-state index contributed by atoms with van der Waals surface area (Å²) in [4.78, 5) is 24.7. The van der Waals surface area contributed by atoms with Gasteiger partial charge in [0.1, 0.15) is 17.7 Å². The predicted molar refractivity (Wildman–Crippen MR) is 94.0 cm³/mol. The van der Waals surface area contributed by atoms with Crippen molar-refractivity contribution in [2.75, 3.05) is 0 Å². The lowest BCUT2D eigenvalue weighted by Gasteiger charge is -2.09. The second kappa shape index (κ2) is 5.70. The maximum atomic E-state index is 4.80. The van der Waals surface area contributed by atoms with Gasteiger partial charge in [-0.3, -0.25) is 4.98 Å². The van der Waals surface area contributed by atoms with Crippen LogP contribution in [0.15, 0.2) is 30.9 Å². The van der Waals surface area contributed by atoms with Crippen LogP contribution in [0.3, 0.4) is 0 Å². The Labute approximate surface area is 139 Å². The Bertz CT molecular complexity index is 997. The standard InChI is InChI=1S/C18H20N6/c1-10(2)15-18-13(5-7-19-15)23-14(24-18)8-11(3)16-17-12(4-6-20-17)21-9-22-16/h4-7,9-11,20H,8H2,1-3H3,(H,23,24). The molecule has 4 rings (SSSR count). The molecule has 0 aliphatic heterocycles. The molecule has 0 aliphatic rings. The van der Waals surface area contributed by atoms with E-state index >= 15 is 0 Å². The first kappa shape index (κ1) is 14.8. The summed E-state index contributed by atoms with van der Waals surface area (Å²) in [6.45, 7) is 6.45. The lowest BCUT2D eigenvalue weighted by Crippen LogP contribution is -2.04. The summed E-state index contributed by atoms with van der Waals surface area (Å²) in [5, 5.41) is 0. The molecular weight excluding hydrogens is 300 g/mol. The summed E-state index contributed by atoms with van der Waals surface area (Å²) in [5.74, 6) is 1.54. The molecule has 0 aromatic carbocycles. The Balaban J connectivity index is 1.69. The van der Waals surface area contributed by atoms with E-state index in [-0.39, 0.29) is 5.92 Å². The topological polar surface area (TPSA) is 83.1 Å². The monoisotopic (exact) mass is 320 g/mol. The molecule has 6 heteroatoms. The van der Waals surface area contributed by atoms with Crippen molar-refractivity contribution in [2.45, 2.75) is 39.0 Å². The molecule has 122 valence electrons. The van der Waals surface area contributed by atoms with Gasteiger partial charge in [0.05, 0.1) is 27.9 Å². The first-order valence-corrected chi connectivity index (χ1v) is 8.25. The van der Waals surface area contributed by atoms with Crippen LogP contribution in [0.1, 0.15) is 49.8 Å². The second-order valence-electron chi connectivity index (χ2n) is 6.53. The van der Waals surface area contributed by atoms with Crippen LogP contribution in [-0.2, 0) is 6.42 Å². The number of aromatic nitrogens is 6. The number of nitrogens with zero attached hydrogens (tertiary/aromatic N) is 4. The van der Waals surface area contributed by atoms with Crippen molar-refractivity contribution in [3.05, 3.63) is 48.1 Å². The molecule has 1 atom stereocenters. The van der Waals surface area contributed by atoms with Gasteiger partial charge in [0.25, 0.3) is 0 Å². The van der Waals surface area contributed by atoms with E-state index in [4.69, 9.17) is 4.98 Å². The van der Waals surface area contributed by atoms with E-state index in [1.807, 2.05) is 24.5 Å². The summed E-state index contributed by atoms with van der Waals surface area (Å²) in [6.07, 6.45) is 6.16. The molecule has 0 saturated carbocycles. The lowest BCUT2D eigenvalue weighted by atomic mass is 10.0. The van der Waals surface area contributed by atoms with Crippen LogP contribution in [0.5, 0.6) is 0 Å². The summed E-state index contributed by atoms with van der Waals surface area (Å²) >= 11 is 0. The number of nitrogens with one attached hydrogen (secondary N) is 2. The molecule has 0 fully saturated rings. The van der Waals surface area contributed by atoms with Gasteiger partial charge in [-0.15, -0.1) is 0 Å². The summed E-state index contributed by atoms with van der Waals surface area (Å²) in [6, 6.07) is 3.95. The molecule has 6 nitrogen and oxygen atoms in total. The first-order chi connectivity index (χ1) is 11.6. The smallest absolute Gasteiger partial charge is 0.116 e. The molecule has 0 spiro atoms. The fourth-order valence-corrected chi connectivity index (χ4v) is 3.18. The van der Waals surface area contributed by atoms with Gasteiger partial charge >= 0.3 is 0 Å². The number of rotatable bonds is 4. The minimum Gasteiger partial charge on any atom is -0.358 e. The number of H-pyrrole nitrogens is 2. The summed E-state index contributed by atoms with van der Waals surface area (Å²) < 4.78 is 0. The fourth-order valence-electron chi connectivity index (χ4n) is 3.18. The molecule has 0 radical (unpaired) electrons. The van der Waals surface area contributed by atoms with E-state index < -0.39 is 0 Å². The van der Waals surface area contributed by atoms with Gasteiger partial charge in [0.15, 0.2) is 0 Å². The van der Waals surface area contributed by atoms with Gasteiger partial charge in [0, 0.05) is 24.7 Å². The molecule has 4 aromatic rings. The molecule has 0 aliphatic carbocycles.